The molecule has 0 saturated carbocycles. The zero-order valence-electron chi connectivity index (χ0n) is 7.12. The first-order valence-corrected chi connectivity index (χ1v) is 5.14. The highest BCUT2D eigenvalue weighted by molar-refractivity contribution is 8.04. The van der Waals surface area contributed by atoms with Crippen molar-refractivity contribution in [3.8, 4) is 0 Å². The van der Waals surface area contributed by atoms with Gasteiger partial charge in [-0.2, -0.15) is 0 Å². The summed E-state index contributed by atoms with van der Waals surface area (Å²) in [6.45, 7) is 1.95. The normalized spacial score (nSPS) is 15.5. The summed E-state index contributed by atoms with van der Waals surface area (Å²) in [7, 11) is 0. The average Bonchev–Trinajstić information content (AvgIpc) is 2.20. The third-order valence-corrected chi connectivity index (χ3v) is 2.91. The Morgan fingerprint density at radius 3 is 2.92 bits per heavy atom. The summed E-state index contributed by atoms with van der Waals surface area (Å²) < 4.78 is 0.770. The molecule has 0 aromatic heterocycles. The number of fused-ring (bicyclic) bond motifs is 1. The number of benzene rings is 1. The quantitative estimate of drug-likeness (QED) is 0.630. The van der Waals surface area contributed by atoms with Crippen molar-refractivity contribution in [3.63, 3.8) is 0 Å². The number of hydrogen-bond acceptors (Lipinski definition) is 2. The first-order valence-electron chi connectivity index (χ1n) is 3.95. The second-order valence-electron chi connectivity index (χ2n) is 2.77. The molecule has 0 amide bonds. The molecule has 1 heterocycles. The van der Waals surface area contributed by atoms with Gasteiger partial charge in [0.1, 0.15) is 0 Å². The van der Waals surface area contributed by atoms with Gasteiger partial charge in [-0.25, -0.2) is 0 Å². The van der Waals surface area contributed by atoms with E-state index in [9.17, 15) is 0 Å². The van der Waals surface area contributed by atoms with Crippen LogP contribution in [0.1, 0.15) is 6.92 Å². The number of aliphatic imine (C=N–C) groups is 1. The van der Waals surface area contributed by atoms with Crippen molar-refractivity contribution in [2.45, 2.75) is 11.8 Å². The SMILES string of the molecule is CC1=Nc2ccccc2SC(Cl)=C1. The standard InChI is InChI=1S/C10H8ClNS/c1-7-6-10(11)13-9-5-3-2-4-8(9)12-7/h2-6H,1H3. The molecular formula is C10H8ClNS. The Morgan fingerprint density at radius 2 is 2.08 bits per heavy atom. The van der Waals surface area contributed by atoms with E-state index >= 15 is 0 Å². The van der Waals surface area contributed by atoms with E-state index in [-0.39, 0.29) is 0 Å². The van der Waals surface area contributed by atoms with Crippen LogP contribution in [0.5, 0.6) is 0 Å². The van der Waals surface area contributed by atoms with Crippen LogP contribution >= 0.6 is 23.4 Å². The number of allylic oxidation sites excluding steroid dienone is 1. The molecule has 1 aliphatic heterocycles. The lowest BCUT2D eigenvalue weighted by molar-refractivity contribution is 1.38. The van der Waals surface area contributed by atoms with Crippen LogP contribution in [0.25, 0.3) is 0 Å². The fourth-order valence-corrected chi connectivity index (χ4v) is 2.37. The molecule has 0 atom stereocenters. The predicted octanol–water partition coefficient (Wildman–Crippen LogP) is 3.96. The van der Waals surface area contributed by atoms with Crippen molar-refractivity contribution >= 4 is 34.8 Å². The molecule has 66 valence electrons. The van der Waals surface area contributed by atoms with Gasteiger partial charge < -0.3 is 0 Å². The van der Waals surface area contributed by atoms with Crippen LogP contribution in [0, 0.1) is 0 Å². The zero-order valence-corrected chi connectivity index (χ0v) is 8.69. The lowest BCUT2D eigenvalue weighted by Crippen LogP contribution is -1.80. The lowest BCUT2D eigenvalue weighted by atomic mass is 10.3. The Kier molecular flexibility index (Phi) is 2.42. The monoisotopic (exact) mass is 209 g/mol. The van der Waals surface area contributed by atoms with Gasteiger partial charge in [-0.1, -0.05) is 35.5 Å². The Morgan fingerprint density at radius 1 is 1.31 bits per heavy atom. The van der Waals surface area contributed by atoms with Crippen molar-refractivity contribution in [1.29, 1.82) is 0 Å². The molecule has 0 spiro atoms. The largest absolute Gasteiger partial charge is 0.253 e. The van der Waals surface area contributed by atoms with Gasteiger partial charge in [-0.05, 0) is 25.1 Å². The van der Waals surface area contributed by atoms with Gasteiger partial charge >= 0.3 is 0 Å². The van der Waals surface area contributed by atoms with Crippen molar-refractivity contribution in [1.82, 2.24) is 0 Å². The fourth-order valence-electron chi connectivity index (χ4n) is 1.16. The van der Waals surface area contributed by atoms with E-state index in [0.29, 0.717) is 0 Å². The molecule has 1 aromatic carbocycles. The number of hydrogen-bond donors (Lipinski definition) is 0. The zero-order chi connectivity index (χ0) is 9.26. The minimum Gasteiger partial charge on any atom is -0.253 e. The van der Waals surface area contributed by atoms with Gasteiger partial charge in [-0.15, -0.1) is 0 Å². The Hall–Kier alpha value is -0.730. The maximum absolute atomic E-state index is 5.99. The van der Waals surface area contributed by atoms with E-state index in [1.54, 1.807) is 11.8 Å². The minimum atomic E-state index is 0.770. The first kappa shape index (κ1) is 8.85. The topological polar surface area (TPSA) is 12.4 Å². The summed E-state index contributed by atoms with van der Waals surface area (Å²) in [5.41, 5.74) is 1.94. The van der Waals surface area contributed by atoms with Crippen molar-refractivity contribution in [2.24, 2.45) is 4.99 Å². The molecule has 1 nitrogen and oxygen atoms in total. The molecule has 2 rings (SSSR count). The van der Waals surface area contributed by atoms with E-state index in [4.69, 9.17) is 11.6 Å². The van der Waals surface area contributed by atoms with Gasteiger partial charge in [0.2, 0.25) is 0 Å². The lowest BCUT2D eigenvalue weighted by Gasteiger charge is -2.00. The summed E-state index contributed by atoms with van der Waals surface area (Å²) in [4.78, 5) is 5.54. The van der Waals surface area contributed by atoms with Gasteiger partial charge in [0, 0.05) is 10.6 Å². The van der Waals surface area contributed by atoms with Gasteiger partial charge in [0.25, 0.3) is 0 Å². The van der Waals surface area contributed by atoms with E-state index < -0.39 is 0 Å². The fraction of sp³-hybridized carbons (Fsp3) is 0.100. The minimum absolute atomic E-state index is 0.770. The van der Waals surface area contributed by atoms with Crippen molar-refractivity contribution in [2.75, 3.05) is 0 Å². The number of halogens is 1. The summed E-state index contributed by atoms with van der Waals surface area (Å²) in [5, 5.41) is 0. The maximum atomic E-state index is 5.99. The number of rotatable bonds is 0. The number of thioether (sulfide) groups is 1. The molecule has 0 radical (unpaired) electrons. The summed E-state index contributed by atoms with van der Waals surface area (Å²) in [5.74, 6) is 0. The highest BCUT2D eigenvalue weighted by Crippen LogP contribution is 2.38. The molecule has 0 saturated heterocycles. The Bertz CT molecular complexity index is 396. The van der Waals surface area contributed by atoms with E-state index in [1.165, 1.54) is 0 Å². The molecule has 0 fully saturated rings. The van der Waals surface area contributed by atoms with Crippen LogP contribution in [0.2, 0.25) is 0 Å². The molecule has 1 aliphatic rings. The number of para-hydroxylation sites is 1. The van der Waals surface area contributed by atoms with Crippen LogP contribution in [-0.2, 0) is 0 Å². The molecule has 13 heavy (non-hydrogen) atoms. The molecule has 0 aliphatic carbocycles. The van der Waals surface area contributed by atoms with Crippen LogP contribution in [0.15, 0.2) is 44.6 Å². The van der Waals surface area contributed by atoms with E-state index in [1.807, 2.05) is 37.3 Å². The van der Waals surface area contributed by atoms with Crippen LogP contribution in [-0.4, -0.2) is 5.71 Å². The molecular weight excluding hydrogens is 202 g/mol. The summed E-state index contributed by atoms with van der Waals surface area (Å²) in [6.07, 6.45) is 1.88. The first-order chi connectivity index (χ1) is 6.25. The van der Waals surface area contributed by atoms with E-state index in [0.717, 1.165) is 20.7 Å². The van der Waals surface area contributed by atoms with Gasteiger partial charge in [0.15, 0.2) is 0 Å². The van der Waals surface area contributed by atoms with Crippen molar-refractivity contribution < 1.29 is 0 Å². The third-order valence-electron chi connectivity index (χ3n) is 1.69. The second kappa shape index (κ2) is 3.56. The number of nitrogens with zero attached hydrogens (tertiary/aromatic N) is 1. The smallest absolute Gasteiger partial charge is 0.0801 e. The highest BCUT2D eigenvalue weighted by atomic mass is 35.5. The average molecular weight is 210 g/mol. The van der Waals surface area contributed by atoms with Crippen LogP contribution < -0.4 is 0 Å². The molecule has 3 heteroatoms. The Labute approximate surface area is 86.5 Å². The van der Waals surface area contributed by atoms with Gasteiger partial charge in [0.05, 0.1) is 10.1 Å². The van der Waals surface area contributed by atoms with E-state index in [2.05, 4.69) is 4.99 Å². The third kappa shape index (κ3) is 1.95. The summed E-state index contributed by atoms with van der Waals surface area (Å²) in [6, 6.07) is 8.00. The second-order valence-corrected chi connectivity index (χ2v) is 4.49. The molecule has 0 unspecified atom stereocenters. The van der Waals surface area contributed by atoms with Crippen LogP contribution in [0.3, 0.4) is 0 Å². The van der Waals surface area contributed by atoms with Crippen molar-refractivity contribution in [3.05, 3.63) is 34.7 Å². The van der Waals surface area contributed by atoms with Crippen LogP contribution in [0.4, 0.5) is 5.69 Å². The predicted molar refractivity (Wildman–Crippen MR) is 59.0 cm³/mol. The Balaban J connectivity index is 2.55. The molecule has 0 N–H and O–H groups in total. The highest BCUT2D eigenvalue weighted by Gasteiger charge is 2.07. The maximum Gasteiger partial charge on any atom is 0.0801 e. The van der Waals surface area contributed by atoms with Gasteiger partial charge in [-0.3, -0.25) is 4.99 Å². The molecule has 0 bridgehead atoms. The summed E-state index contributed by atoms with van der Waals surface area (Å²) >= 11 is 7.54. The molecule has 1 aromatic rings.